The van der Waals surface area contributed by atoms with Crippen LogP contribution >= 0.6 is 0 Å². The summed E-state index contributed by atoms with van der Waals surface area (Å²) in [5.74, 6) is 0. The van der Waals surface area contributed by atoms with Crippen LogP contribution in [0.5, 0.6) is 0 Å². The predicted octanol–water partition coefficient (Wildman–Crippen LogP) is 15.2. The highest BCUT2D eigenvalue weighted by atomic mass is 16.3. The summed E-state index contributed by atoms with van der Waals surface area (Å²) in [6.45, 7) is 4.68. The summed E-state index contributed by atoms with van der Waals surface area (Å²) >= 11 is 0. The van der Waals surface area contributed by atoms with E-state index in [9.17, 15) is 0 Å². The third-order valence-electron chi connectivity index (χ3n) is 12.3. The first-order chi connectivity index (χ1) is 27.5. The Morgan fingerprint density at radius 2 is 1.00 bits per heavy atom. The Balaban J connectivity index is 1.09. The van der Waals surface area contributed by atoms with Crippen molar-refractivity contribution in [3.8, 4) is 22.3 Å². The quantitative estimate of drug-likeness (QED) is 0.182. The molecule has 0 saturated carbocycles. The number of hydrogen-bond donors (Lipinski definition) is 0. The fraction of sp³-hybridized carbons (Fsp3) is 0.0566. The van der Waals surface area contributed by atoms with Gasteiger partial charge in [0.25, 0.3) is 0 Å². The fourth-order valence-electron chi connectivity index (χ4n) is 9.57. The second-order valence-electron chi connectivity index (χ2n) is 15.6. The van der Waals surface area contributed by atoms with E-state index in [2.05, 4.69) is 195 Å². The first kappa shape index (κ1) is 31.3. The second-order valence-corrected chi connectivity index (χ2v) is 15.6. The highest BCUT2D eigenvalue weighted by Gasteiger charge is 2.36. The molecule has 0 bridgehead atoms. The van der Waals surface area contributed by atoms with Gasteiger partial charge in [0.2, 0.25) is 0 Å². The molecule has 3 heteroatoms. The number of nitrogens with zero attached hydrogens (tertiary/aromatic N) is 1. The summed E-state index contributed by atoms with van der Waals surface area (Å²) in [4.78, 5) is 2.37. The first-order valence-corrected chi connectivity index (χ1v) is 19.3. The first-order valence-electron chi connectivity index (χ1n) is 19.3. The number of fused-ring (bicyclic) bond motifs is 13. The van der Waals surface area contributed by atoms with Gasteiger partial charge in [0, 0.05) is 43.7 Å². The molecule has 0 amide bonds. The zero-order chi connectivity index (χ0) is 37.1. The van der Waals surface area contributed by atoms with Gasteiger partial charge in [-0.2, -0.15) is 0 Å². The van der Waals surface area contributed by atoms with Crippen LogP contribution in [0, 0.1) is 0 Å². The maximum absolute atomic E-state index is 6.96. The molecule has 0 atom stereocenters. The molecule has 9 aromatic carbocycles. The molecule has 0 radical (unpaired) electrons. The Hall–Kier alpha value is -7.10. The van der Waals surface area contributed by atoms with Gasteiger partial charge >= 0.3 is 0 Å². The summed E-state index contributed by atoms with van der Waals surface area (Å²) in [5, 5.41) is 9.08. The maximum atomic E-state index is 6.96. The molecular formula is C53H35NO2. The Kier molecular flexibility index (Phi) is 6.40. The summed E-state index contributed by atoms with van der Waals surface area (Å²) in [7, 11) is 0. The fourth-order valence-corrected chi connectivity index (χ4v) is 9.57. The van der Waals surface area contributed by atoms with E-state index in [1.54, 1.807) is 0 Å². The van der Waals surface area contributed by atoms with E-state index in [-0.39, 0.29) is 5.41 Å². The van der Waals surface area contributed by atoms with Crippen molar-refractivity contribution < 1.29 is 8.83 Å². The molecule has 1 aliphatic carbocycles. The molecule has 0 unspecified atom stereocenters. The van der Waals surface area contributed by atoms with Gasteiger partial charge < -0.3 is 13.7 Å². The Morgan fingerprint density at radius 1 is 0.411 bits per heavy atom. The van der Waals surface area contributed by atoms with E-state index >= 15 is 0 Å². The average molecular weight is 718 g/mol. The lowest BCUT2D eigenvalue weighted by atomic mass is 9.82. The molecule has 0 spiro atoms. The van der Waals surface area contributed by atoms with Crippen molar-refractivity contribution >= 4 is 82.5 Å². The molecule has 0 saturated heterocycles. The number of para-hydroxylation sites is 1. The minimum absolute atomic E-state index is 0.144. The van der Waals surface area contributed by atoms with Crippen LogP contribution in [0.15, 0.2) is 185 Å². The highest BCUT2D eigenvalue weighted by molar-refractivity contribution is 6.29. The van der Waals surface area contributed by atoms with Gasteiger partial charge in [-0.3, -0.25) is 0 Å². The summed E-state index contributed by atoms with van der Waals surface area (Å²) < 4.78 is 13.6. The van der Waals surface area contributed by atoms with Crippen molar-refractivity contribution in [2.24, 2.45) is 0 Å². The van der Waals surface area contributed by atoms with E-state index < -0.39 is 0 Å². The Morgan fingerprint density at radius 3 is 1.82 bits per heavy atom. The van der Waals surface area contributed by atoms with Gasteiger partial charge in [0.1, 0.15) is 16.7 Å². The number of furan rings is 2. The molecule has 2 heterocycles. The van der Waals surface area contributed by atoms with Gasteiger partial charge in [0.05, 0.1) is 5.69 Å². The highest BCUT2D eigenvalue weighted by Crippen LogP contribution is 2.52. The number of rotatable bonds is 4. The van der Waals surface area contributed by atoms with E-state index in [1.807, 2.05) is 0 Å². The molecular weight excluding hydrogens is 683 g/mol. The molecule has 1 aliphatic rings. The molecule has 12 rings (SSSR count). The third kappa shape index (κ3) is 4.34. The molecule has 264 valence electrons. The molecule has 56 heavy (non-hydrogen) atoms. The summed E-state index contributed by atoms with van der Waals surface area (Å²) in [6.07, 6.45) is 0. The Labute approximate surface area is 323 Å². The zero-order valence-electron chi connectivity index (χ0n) is 31.0. The largest absolute Gasteiger partial charge is 0.455 e. The van der Waals surface area contributed by atoms with Gasteiger partial charge in [-0.05, 0) is 98.1 Å². The lowest BCUT2D eigenvalue weighted by Crippen LogP contribution is -2.16. The topological polar surface area (TPSA) is 29.5 Å². The van der Waals surface area contributed by atoms with Crippen molar-refractivity contribution in [2.45, 2.75) is 19.3 Å². The van der Waals surface area contributed by atoms with Crippen molar-refractivity contribution in [2.75, 3.05) is 4.90 Å². The van der Waals surface area contributed by atoms with Gasteiger partial charge in [0.15, 0.2) is 5.58 Å². The number of hydrogen-bond acceptors (Lipinski definition) is 3. The average Bonchev–Trinajstić information content (AvgIpc) is 3.89. The molecule has 0 N–H and O–H groups in total. The van der Waals surface area contributed by atoms with E-state index in [1.165, 1.54) is 44.2 Å². The summed E-state index contributed by atoms with van der Waals surface area (Å²) in [6, 6.07) is 63.4. The van der Waals surface area contributed by atoms with E-state index in [0.29, 0.717) is 0 Å². The summed E-state index contributed by atoms with van der Waals surface area (Å²) in [5.41, 5.74) is 14.1. The van der Waals surface area contributed by atoms with Crippen molar-refractivity contribution in [1.29, 1.82) is 0 Å². The van der Waals surface area contributed by atoms with Gasteiger partial charge in [-0.25, -0.2) is 0 Å². The molecule has 2 aromatic heterocycles. The molecule has 3 nitrogen and oxygen atoms in total. The van der Waals surface area contributed by atoms with Crippen LogP contribution in [0.3, 0.4) is 0 Å². The standard InChI is InChI=1S/C53H35NO2/c1-53(2)44-19-8-7-16-40(44)41-28-26-36(31-45(41)53)54(35-24-21-34(22-25-35)38-17-9-13-32-11-3-5-14-37(32)38)46-20-10-18-42-49-48(56-52(42)46)30-29-47-50(49)43-27-23-33-12-4-6-15-39(33)51(43)55-47/h3-31H,1-2H3. The number of anilines is 3. The minimum atomic E-state index is -0.144. The Bertz CT molecular complexity index is 3390. The second kappa shape index (κ2) is 11.5. The maximum Gasteiger partial charge on any atom is 0.159 e. The lowest BCUT2D eigenvalue weighted by molar-refractivity contribution is 0.660. The number of benzene rings is 9. The van der Waals surface area contributed by atoms with Gasteiger partial charge in [-0.1, -0.05) is 141 Å². The van der Waals surface area contributed by atoms with Gasteiger partial charge in [-0.15, -0.1) is 0 Å². The van der Waals surface area contributed by atoms with Crippen LogP contribution in [-0.4, -0.2) is 0 Å². The van der Waals surface area contributed by atoms with Crippen LogP contribution in [-0.2, 0) is 5.41 Å². The predicted molar refractivity (Wildman–Crippen MR) is 234 cm³/mol. The SMILES string of the molecule is CC1(C)c2ccccc2-c2ccc(N(c3ccc(-c4cccc5ccccc45)cc3)c3cccc4c3oc3ccc5oc6c7ccccc7ccc6c5c34)cc21. The normalized spacial score (nSPS) is 13.3. The minimum Gasteiger partial charge on any atom is -0.455 e. The van der Waals surface area contributed by atoms with Crippen molar-refractivity contribution in [3.05, 3.63) is 187 Å². The molecule has 0 aliphatic heterocycles. The van der Waals surface area contributed by atoms with Crippen LogP contribution in [0.2, 0.25) is 0 Å². The monoisotopic (exact) mass is 717 g/mol. The van der Waals surface area contributed by atoms with Crippen molar-refractivity contribution in [3.63, 3.8) is 0 Å². The zero-order valence-corrected chi connectivity index (χ0v) is 31.0. The van der Waals surface area contributed by atoms with Crippen LogP contribution in [0.4, 0.5) is 17.1 Å². The van der Waals surface area contributed by atoms with Crippen LogP contribution in [0.25, 0.3) is 87.7 Å². The van der Waals surface area contributed by atoms with E-state index in [4.69, 9.17) is 8.83 Å². The molecule has 11 aromatic rings. The lowest BCUT2D eigenvalue weighted by Gasteiger charge is -2.28. The third-order valence-corrected chi connectivity index (χ3v) is 12.3. The van der Waals surface area contributed by atoms with Crippen LogP contribution in [0.1, 0.15) is 25.0 Å². The van der Waals surface area contributed by atoms with Crippen molar-refractivity contribution in [1.82, 2.24) is 0 Å². The van der Waals surface area contributed by atoms with E-state index in [0.717, 1.165) is 71.7 Å². The van der Waals surface area contributed by atoms with Crippen LogP contribution < -0.4 is 4.90 Å². The smallest absolute Gasteiger partial charge is 0.159 e. The molecule has 0 fully saturated rings.